The van der Waals surface area contributed by atoms with Gasteiger partial charge in [0.05, 0.1) is 7.11 Å². The lowest BCUT2D eigenvalue weighted by Gasteiger charge is -2.17. The molecular formula is C15H15ClO2. The third kappa shape index (κ3) is 2.50. The van der Waals surface area contributed by atoms with Gasteiger partial charge in [0.1, 0.15) is 11.9 Å². The number of halogens is 1. The Kier molecular flexibility index (Phi) is 3.90. The lowest BCUT2D eigenvalue weighted by Crippen LogP contribution is -2.04. The number of methoxy groups -OCH3 is 1. The maximum atomic E-state index is 10.5. The first-order valence-corrected chi connectivity index (χ1v) is 6.08. The van der Waals surface area contributed by atoms with E-state index in [4.69, 9.17) is 16.3 Å². The molecule has 94 valence electrons. The number of hydrogen-bond acceptors (Lipinski definition) is 2. The summed E-state index contributed by atoms with van der Waals surface area (Å²) in [4.78, 5) is 0. The van der Waals surface area contributed by atoms with E-state index in [1.165, 1.54) is 0 Å². The summed E-state index contributed by atoms with van der Waals surface area (Å²) in [5.74, 6) is 0.634. The summed E-state index contributed by atoms with van der Waals surface area (Å²) >= 11 is 5.98. The zero-order chi connectivity index (χ0) is 13.1. The van der Waals surface area contributed by atoms with Gasteiger partial charge in [0.25, 0.3) is 0 Å². The highest BCUT2D eigenvalue weighted by Gasteiger charge is 2.17. The van der Waals surface area contributed by atoms with Crippen molar-refractivity contribution in [2.45, 2.75) is 13.0 Å². The van der Waals surface area contributed by atoms with Crippen molar-refractivity contribution < 1.29 is 9.84 Å². The minimum atomic E-state index is -0.736. The Morgan fingerprint density at radius 3 is 2.50 bits per heavy atom. The smallest absolute Gasteiger partial charge is 0.125 e. The highest BCUT2D eigenvalue weighted by atomic mass is 35.5. The minimum Gasteiger partial charge on any atom is -0.496 e. The molecule has 1 N–H and O–H groups in total. The second-order valence-corrected chi connectivity index (χ2v) is 4.58. The molecule has 0 spiro atoms. The van der Waals surface area contributed by atoms with Gasteiger partial charge in [-0.25, -0.2) is 0 Å². The molecule has 18 heavy (non-hydrogen) atoms. The molecule has 0 bridgehead atoms. The molecule has 1 unspecified atom stereocenters. The van der Waals surface area contributed by atoms with Crippen LogP contribution in [0, 0.1) is 6.92 Å². The number of aliphatic hydroxyl groups excluding tert-OH is 1. The Morgan fingerprint density at radius 1 is 1.11 bits per heavy atom. The van der Waals surface area contributed by atoms with Crippen molar-refractivity contribution in [2.24, 2.45) is 0 Å². The van der Waals surface area contributed by atoms with Gasteiger partial charge in [0.2, 0.25) is 0 Å². The molecule has 2 aromatic rings. The molecule has 0 radical (unpaired) electrons. The number of benzene rings is 2. The molecule has 0 saturated heterocycles. The quantitative estimate of drug-likeness (QED) is 0.913. The predicted molar refractivity (Wildman–Crippen MR) is 73.2 cm³/mol. The maximum absolute atomic E-state index is 10.5. The van der Waals surface area contributed by atoms with Gasteiger partial charge >= 0.3 is 0 Å². The molecule has 3 heteroatoms. The van der Waals surface area contributed by atoms with Crippen molar-refractivity contribution in [3.05, 3.63) is 64.2 Å². The van der Waals surface area contributed by atoms with Crippen LogP contribution in [0.2, 0.25) is 5.02 Å². The normalized spacial score (nSPS) is 12.2. The first-order valence-electron chi connectivity index (χ1n) is 5.70. The van der Waals surface area contributed by atoms with Gasteiger partial charge in [0.15, 0.2) is 0 Å². The van der Waals surface area contributed by atoms with Crippen LogP contribution >= 0.6 is 11.6 Å². The highest BCUT2D eigenvalue weighted by Crippen LogP contribution is 2.33. The summed E-state index contributed by atoms with van der Waals surface area (Å²) in [6, 6.07) is 13.0. The molecule has 0 aromatic heterocycles. The molecule has 2 aromatic carbocycles. The van der Waals surface area contributed by atoms with E-state index < -0.39 is 6.10 Å². The third-order valence-corrected chi connectivity index (χ3v) is 3.20. The van der Waals surface area contributed by atoms with Crippen molar-refractivity contribution in [1.29, 1.82) is 0 Å². The van der Waals surface area contributed by atoms with Crippen LogP contribution in [-0.2, 0) is 0 Å². The standard InChI is InChI=1S/C15H15ClO2/c1-10-5-3-4-6-12(10)15(17)13-9-11(16)7-8-14(13)18-2/h3-9,15,17H,1-2H3. The summed E-state index contributed by atoms with van der Waals surface area (Å²) in [6.45, 7) is 1.97. The van der Waals surface area contributed by atoms with E-state index in [9.17, 15) is 5.11 Å². The van der Waals surface area contributed by atoms with E-state index in [2.05, 4.69) is 0 Å². The SMILES string of the molecule is COc1ccc(Cl)cc1C(O)c1ccccc1C. The van der Waals surface area contributed by atoms with Crippen molar-refractivity contribution in [2.75, 3.05) is 7.11 Å². The Bertz CT molecular complexity index is 552. The average Bonchev–Trinajstić information content (AvgIpc) is 2.38. The molecule has 0 aliphatic heterocycles. The second-order valence-electron chi connectivity index (χ2n) is 4.15. The summed E-state index contributed by atoms with van der Waals surface area (Å²) < 4.78 is 5.26. The third-order valence-electron chi connectivity index (χ3n) is 2.97. The van der Waals surface area contributed by atoms with Crippen molar-refractivity contribution >= 4 is 11.6 Å². The summed E-state index contributed by atoms with van der Waals surface area (Å²) in [7, 11) is 1.58. The fourth-order valence-electron chi connectivity index (χ4n) is 1.98. The van der Waals surface area contributed by atoms with Crippen LogP contribution < -0.4 is 4.74 Å². The monoisotopic (exact) mass is 262 g/mol. The summed E-state index contributed by atoms with van der Waals surface area (Å²) in [5, 5.41) is 11.1. The summed E-state index contributed by atoms with van der Waals surface area (Å²) in [5.41, 5.74) is 2.57. The Balaban J connectivity index is 2.48. The molecule has 0 amide bonds. The van der Waals surface area contributed by atoms with E-state index in [0.717, 1.165) is 11.1 Å². The largest absolute Gasteiger partial charge is 0.496 e. The molecule has 0 saturated carbocycles. The number of aryl methyl sites for hydroxylation is 1. The van der Waals surface area contributed by atoms with Crippen LogP contribution in [0.5, 0.6) is 5.75 Å². The van der Waals surface area contributed by atoms with Gasteiger partial charge in [-0.3, -0.25) is 0 Å². The predicted octanol–water partition coefficient (Wildman–Crippen LogP) is 3.74. The van der Waals surface area contributed by atoms with Crippen molar-refractivity contribution in [1.82, 2.24) is 0 Å². The fourth-order valence-corrected chi connectivity index (χ4v) is 2.16. The van der Waals surface area contributed by atoms with Crippen LogP contribution in [0.4, 0.5) is 0 Å². The van der Waals surface area contributed by atoms with Crippen LogP contribution in [-0.4, -0.2) is 12.2 Å². The van der Waals surface area contributed by atoms with E-state index in [1.807, 2.05) is 31.2 Å². The summed E-state index contributed by atoms with van der Waals surface area (Å²) in [6.07, 6.45) is -0.736. The zero-order valence-corrected chi connectivity index (χ0v) is 11.1. The molecule has 2 nitrogen and oxygen atoms in total. The van der Waals surface area contributed by atoms with Crippen LogP contribution in [0.25, 0.3) is 0 Å². The molecule has 2 rings (SSSR count). The van der Waals surface area contributed by atoms with Gasteiger partial charge in [-0.2, -0.15) is 0 Å². The van der Waals surface area contributed by atoms with E-state index in [1.54, 1.807) is 25.3 Å². The molecule has 1 atom stereocenters. The Labute approximate surface area is 112 Å². The number of rotatable bonds is 3. The number of hydrogen-bond donors (Lipinski definition) is 1. The number of aliphatic hydroxyl groups is 1. The first kappa shape index (κ1) is 12.9. The van der Waals surface area contributed by atoms with Crippen molar-refractivity contribution in [3.63, 3.8) is 0 Å². The van der Waals surface area contributed by atoms with E-state index in [0.29, 0.717) is 16.3 Å². The topological polar surface area (TPSA) is 29.5 Å². The first-order chi connectivity index (χ1) is 8.63. The number of ether oxygens (including phenoxy) is 1. The van der Waals surface area contributed by atoms with Gasteiger partial charge in [-0.05, 0) is 36.2 Å². The maximum Gasteiger partial charge on any atom is 0.125 e. The molecule has 0 aliphatic rings. The van der Waals surface area contributed by atoms with Crippen LogP contribution in [0.1, 0.15) is 22.8 Å². The van der Waals surface area contributed by atoms with E-state index >= 15 is 0 Å². The lowest BCUT2D eigenvalue weighted by molar-refractivity contribution is 0.214. The van der Waals surface area contributed by atoms with Crippen LogP contribution in [0.3, 0.4) is 0 Å². The van der Waals surface area contributed by atoms with Crippen molar-refractivity contribution in [3.8, 4) is 5.75 Å². The van der Waals surface area contributed by atoms with E-state index in [-0.39, 0.29) is 0 Å². The highest BCUT2D eigenvalue weighted by molar-refractivity contribution is 6.30. The lowest BCUT2D eigenvalue weighted by atomic mass is 9.97. The van der Waals surface area contributed by atoms with Gasteiger partial charge in [-0.1, -0.05) is 35.9 Å². The van der Waals surface area contributed by atoms with Crippen LogP contribution in [0.15, 0.2) is 42.5 Å². The molecule has 0 fully saturated rings. The minimum absolute atomic E-state index is 0.582. The fraction of sp³-hybridized carbons (Fsp3) is 0.200. The van der Waals surface area contributed by atoms with Gasteiger partial charge in [0, 0.05) is 10.6 Å². The van der Waals surface area contributed by atoms with Gasteiger partial charge in [-0.15, -0.1) is 0 Å². The second kappa shape index (κ2) is 5.42. The Morgan fingerprint density at radius 2 is 1.83 bits per heavy atom. The molecule has 0 heterocycles. The Hall–Kier alpha value is -1.51. The molecular weight excluding hydrogens is 248 g/mol. The zero-order valence-electron chi connectivity index (χ0n) is 10.4. The average molecular weight is 263 g/mol. The molecule has 0 aliphatic carbocycles. The van der Waals surface area contributed by atoms with Gasteiger partial charge < -0.3 is 9.84 Å².